The number of piperidine rings is 1. The molecule has 3 heterocycles. The summed E-state index contributed by atoms with van der Waals surface area (Å²) in [4.78, 5) is 13.8. The summed E-state index contributed by atoms with van der Waals surface area (Å²) < 4.78 is 6.09. The zero-order valence-electron chi connectivity index (χ0n) is 16.2. The largest absolute Gasteiger partial charge is 0.388 e. The number of carbonyl (C=O) groups excluding carboxylic acids is 1. The Kier molecular flexibility index (Phi) is 5.11. The minimum Gasteiger partial charge on any atom is -0.388 e. The van der Waals surface area contributed by atoms with E-state index in [0.29, 0.717) is 25.9 Å². The minimum atomic E-state index is -0.742. The molecule has 1 spiro atoms. The molecule has 2 fully saturated rings. The van der Waals surface area contributed by atoms with Crippen LogP contribution < -0.4 is 10.2 Å². The van der Waals surface area contributed by atoms with Crippen LogP contribution in [0.3, 0.4) is 0 Å². The lowest BCUT2D eigenvalue weighted by atomic mass is 9.73. The maximum Gasteiger partial charge on any atom is 0.217 e. The van der Waals surface area contributed by atoms with Crippen LogP contribution in [0.25, 0.3) is 10.6 Å². The van der Waals surface area contributed by atoms with Crippen LogP contribution in [0.5, 0.6) is 0 Å². The van der Waals surface area contributed by atoms with Crippen molar-refractivity contribution in [3.63, 3.8) is 0 Å². The Morgan fingerprint density at radius 1 is 1.25 bits per heavy atom. The van der Waals surface area contributed by atoms with Gasteiger partial charge in [-0.1, -0.05) is 41.7 Å². The van der Waals surface area contributed by atoms with Gasteiger partial charge in [-0.05, 0) is 26.2 Å². The van der Waals surface area contributed by atoms with Crippen molar-refractivity contribution in [3.05, 3.63) is 30.3 Å². The third-order valence-electron chi connectivity index (χ3n) is 5.89. The topological polar surface area (TPSA) is 87.6 Å². The average molecular weight is 403 g/mol. The molecule has 1 aromatic carbocycles. The lowest BCUT2D eigenvalue weighted by Gasteiger charge is -2.53. The summed E-state index contributed by atoms with van der Waals surface area (Å²) in [6, 6.07) is 10.0. The first-order chi connectivity index (χ1) is 13.4. The number of hydrogen-bond donors (Lipinski definition) is 2. The molecule has 7 nitrogen and oxygen atoms in total. The van der Waals surface area contributed by atoms with Crippen LogP contribution in [0.4, 0.5) is 5.13 Å². The molecule has 0 aliphatic carbocycles. The number of nitrogens with one attached hydrogen (secondary N) is 1. The first kappa shape index (κ1) is 19.3. The van der Waals surface area contributed by atoms with Gasteiger partial charge in [0.15, 0.2) is 0 Å². The van der Waals surface area contributed by atoms with Crippen molar-refractivity contribution in [2.24, 2.45) is 0 Å². The predicted molar refractivity (Wildman–Crippen MR) is 108 cm³/mol. The van der Waals surface area contributed by atoms with E-state index in [4.69, 9.17) is 4.74 Å². The summed E-state index contributed by atoms with van der Waals surface area (Å²) in [5.41, 5.74) is -0.217. The molecule has 2 saturated heterocycles. The Morgan fingerprint density at radius 3 is 2.64 bits per heavy atom. The number of ether oxygens (including phenoxy) is 1. The zero-order chi connectivity index (χ0) is 19.8. The van der Waals surface area contributed by atoms with Gasteiger partial charge in [0.2, 0.25) is 11.0 Å². The highest BCUT2D eigenvalue weighted by molar-refractivity contribution is 7.18. The Balaban J connectivity index is 1.46. The van der Waals surface area contributed by atoms with Crippen molar-refractivity contribution in [2.75, 3.05) is 24.6 Å². The maximum absolute atomic E-state index is 11.6. The first-order valence-corrected chi connectivity index (χ1v) is 10.5. The van der Waals surface area contributed by atoms with Crippen LogP contribution in [0, 0.1) is 0 Å². The van der Waals surface area contributed by atoms with Crippen LogP contribution in [0.2, 0.25) is 0 Å². The molecule has 2 atom stereocenters. The third-order valence-corrected chi connectivity index (χ3v) is 6.92. The van der Waals surface area contributed by atoms with E-state index in [9.17, 15) is 9.90 Å². The van der Waals surface area contributed by atoms with E-state index < -0.39 is 17.2 Å². The van der Waals surface area contributed by atoms with Crippen molar-refractivity contribution in [3.8, 4) is 10.6 Å². The molecular weight excluding hydrogens is 376 g/mol. The van der Waals surface area contributed by atoms with Gasteiger partial charge in [-0.2, -0.15) is 0 Å². The molecule has 2 aliphatic heterocycles. The van der Waals surface area contributed by atoms with E-state index in [0.717, 1.165) is 28.8 Å². The molecule has 1 amide bonds. The fourth-order valence-electron chi connectivity index (χ4n) is 4.33. The Hall–Kier alpha value is -2.03. The first-order valence-electron chi connectivity index (χ1n) is 9.67. The second-order valence-corrected chi connectivity index (χ2v) is 8.86. The number of amides is 1. The molecule has 4 rings (SSSR count). The van der Waals surface area contributed by atoms with Gasteiger partial charge < -0.3 is 20.1 Å². The summed E-state index contributed by atoms with van der Waals surface area (Å²) in [6.45, 7) is 5.40. The van der Waals surface area contributed by atoms with Gasteiger partial charge in [-0.25, -0.2) is 0 Å². The van der Waals surface area contributed by atoms with Gasteiger partial charge in [-0.3, -0.25) is 4.79 Å². The third kappa shape index (κ3) is 3.52. The number of hydrogen-bond acceptors (Lipinski definition) is 7. The number of anilines is 1. The SMILES string of the molecule is CC(=O)N[C@@]1(C)CCOC2(CCN(c3nnc(-c4ccccc4)s3)CC2)[C@@H]1O. The number of aliphatic hydroxyl groups excluding tert-OH is 1. The predicted octanol–water partition coefficient (Wildman–Crippen LogP) is 2.22. The second-order valence-electron chi connectivity index (χ2n) is 7.91. The summed E-state index contributed by atoms with van der Waals surface area (Å²) in [6.07, 6.45) is 1.23. The van der Waals surface area contributed by atoms with E-state index in [1.807, 2.05) is 37.3 Å². The highest BCUT2D eigenvalue weighted by Gasteiger charge is 2.53. The second kappa shape index (κ2) is 7.42. The van der Waals surface area contributed by atoms with Crippen LogP contribution in [0.1, 0.15) is 33.1 Å². The van der Waals surface area contributed by atoms with Crippen molar-refractivity contribution >= 4 is 22.4 Å². The van der Waals surface area contributed by atoms with Gasteiger partial charge in [0.25, 0.3) is 0 Å². The Labute approximate surface area is 168 Å². The highest BCUT2D eigenvalue weighted by atomic mass is 32.1. The fraction of sp³-hybridized carbons (Fsp3) is 0.550. The van der Waals surface area contributed by atoms with E-state index in [1.165, 1.54) is 6.92 Å². The maximum atomic E-state index is 11.6. The van der Waals surface area contributed by atoms with Gasteiger partial charge in [0.05, 0.1) is 11.1 Å². The molecule has 2 aliphatic rings. The summed E-state index contributed by atoms with van der Waals surface area (Å²) in [5, 5.41) is 24.5. The van der Waals surface area contributed by atoms with E-state index in [-0.39, 0.29) is 5.91 Å². The molecule has 2 N–H and O–H groups in total. The minimum absolute atomic E-state index is 0.127. The Bertz CT molecular complexity index is 835. The van der Waals surface area contributed by atoms with Gasteiger partial charge >= 0.3 is 0 Å². The molecule has 150 valence electrons. The standard InChI is InChI=1S/C20H26N4O3S/c1-14(25)21-19(2)10-13-27-20(17(19)26)8-11-24(12-9-20)18-23-22-16(28-18)15-6-4-3-5-7-15/h3-7,17,26H,8-13H2,1-2H3,(H,21,25)/t17-,19+/m1/s1. The molecule has 2 aromatic rings. The normalized spacial score (nSPS) is 27.0. The quantitative estimate of drug-likeness (QED) is 0.819. The molecule has 0 unspecified atom stereocenters. The van der Waals surface area contributed by atoms with Crippen LogP contribution >= 0.6 is 11.3 Å². The Morgan fingerprint density at radius 2 is 1.96 bits per heavy atom. The monoisotopic (exact) mass is 402 g/mol. The number of aromatic nitrogens is 2. The van der Waals surface area contributed by atoms with E-state index in [1.54, 1.807) is 11.3 Å². The van der Waals surface area contributed by atoms with Crippen LogP contribution in [-0.2, 0) is 9.53 Å². The molecule has 0 radical (unpaired) electrons. The van der Waals surface area contributed by atoms with Gasteiger partial charge in [-0.15, -0.1) is 10.2 Å². The lowest BCUT2D eigenvalue weighted by molar-refractivity contribution is -0.198. The van der Waals surface area contributed by atoms with Crippen LogP contribution in [0.15, 0.2) is 30.3 Å². The zero-order valence-corrected chi connectivity index (χ0v) is 17.0. The van der Waals surface area contributed by atoms with Gasteiger partial charge in [0.1, 0.15) is 11.1 Å². The highest BCUT2D eigenvalue weighted by Crippen LogP contribution is 2.41. The molecule has 28 heavy (non-hydrogen) atoms. The van der Waals surface area contributed by atoms with Gasteiger partial charge in [0, 0.05) is 32.2 Å². The van der Waals surface area contributed by atoms with E-state index >= 15 is 0 Å². The summed E-state index contributed by atoms with van der Waals surface area (Å²) >= 11 is 1.58. The van der Waals surface area contributed by atoms with Crippen molar-refractivity contribution in [2.45, 2.75) is 50.4 Å². The number of benzene rings is 1. The molecule has 8 heteroatoms. The lowest BCUT2D eigenvalue weighted by Crippen LogP contribution is -2.69. The molecule has 1 aromatic heterocycles. The number of aliphatic hydroxyl groups is 1. The van der Waals surface area contributed by atoms with Crippen LogP contribution in [-0.4, -0.2) is 58.2 Å². The molecule has 0 bridgehead atoms. The van der Waals surface area contributed by atoms with E-state index in [2.05, 4.69) is 20.4 Å². The fourth-order valence-corrected chi connectivity index (χ4v) is 5.23. The summed E-state index contributed by atoms with van der Waals surface area (Å²) in [7, 11) is 0. The van der Waals surface area contributed by atoms with Crippen molar-refractivity contribution < 1.29 is 14.6 Å². The molecule has 0 saturated carbocycles. The number of carbonyl (C=O) groups is 1. The summed E-state index contributed by atoms with van der Waals surface area (Å²) in [5.74, 6) is -0.127. The van der Waals surface area contributed by atoms with Crippen molar-refractivity contribution in [1.82, 2.24) is 15.5 Å². The number of rotatable bonds is 3. The molecular formula is C20H26N4O3S. The average Bonchev–Trinajstić information content (AvgIpc) is 3.17. The van der Waals surface area contributed by atoms with Crippen molar-refractivity contribution in [1.29, 1.82) is 0 Å². The smallest absolute Gasteiger partial charge is 0.217 e. The number of nitrogens with zero attached hydrogens (tertiary/aromatic N) is 3.